The highest BCUT2D eigenvalue weighted by atomic mass is 32.2. The summed E-state index contributed by atoms with van der Waals surface area (Å²) in [6.45, 7) is 0.750. The van der Waals surface area contributed by atoms with Gasteiger partial charge in [0.1, 0.15) is 0 Å². The number of amides is 1. The Morgan fingerprint density at radius 3 is 2.62 bits per heavy atom. The lowest BCUT2D eigenvalue weighted by Gasteiger charge is -2.00. The SMILES string of the molecule is NCCSCCCCCC(=O)NN. The fraction of sp³-hybridized carbons (Fsp3) is 0.875. The van der Waals surface area contributed by atoms with Crippen molar-refractivity contribution in [3.05, 3.63) is 0 Å². The van der Waals surface area contributed by atoms with Crippen LogP contribution in [-0.4, -0.2) is 24.0 Å². The molecule has 1 amide bonds. The van der Waals surface area contributed by atoms with E-state index < -0.39 is 0 Å². The van der Waals surface area contributed by atoms with Gasteiger partial charge in [-0.25, -0.2) is 5.84 Å². The van der Waals surface area contributed by atoms with Crippen LogP contribution in [0.2, 0.25) is 0 Å². The predicted octanol–water partition coefficient (Wildman–Crippen LogP) is 0.229. The molecule has 0 heterocycles. The summed E-state index contributed by atoms with van der Waals surface area (Å²) < 4.78 is 0. The molecule has 0 saturated heterocycles. The van der Waals surface area contributed by atoms with Crippen LogP contribution in [0.5, 0.6) is 0 Å². The van der Waals surface area contributed by atoms with Crippen LogP contribution in [0, 0.1) is 0 Å². The number of hydrogen-bond acceptors (Lipinski definition) is 4. The summed E-state index contributed by atoms with van der Waals surface area (Å²) in [5, 5.41) is 0. The van der Waals surface area contributed by atoms with E-state index in [4.69, 9.17) is 11.6 Å². The third-order valence-electron chi connectivity index (χ3n) is 1.62. The monoisotopic (exact) mass is 205 g/mol. The standard InChI is InChI=1S/C8H19N3OS/c9-5-7-13-6-3-1-2-4-8(12)11-10/h1-7,9-10H2,(H,11,12). The highest BCUT2D eigenvalue weighted by Crippen LogP contribution is 2.06. The Kier molecular flexibility index (Phi) is 9.63. The molecule has 0 radical (unpaired) electrons. The molecule has 0 aromatic heterocycles. The Bertz CT molecular complexity index is 133. The number of carbonyl (C=O) groups is 1. The van der Waals surface area contributed by atoms with Crippen LogP contribution in [0.3, 0.4) is 0 Å². The smallest absolute Gasteiger partial charge is 0.233 e. The summed E-state index contributed by atoms with van der Waals surface area (Å²) in [5.74, 6) is 7.03. The molecule has 0 fully saturated rings. The largest absolute Gasteiger partial charge is 0.330 e. The first-order valence-corrected chi connectivity index (χ1v) is 5.74. The molecule has 0 unspecified atom stereocenters. The van der Waals surface area contributed by atoms with Gasteiger partial charge < -0.3 is 5.73 Å². The maximum Gasteiger partial charge on any atom is 0.233 e. The predicted molar refractivity (Wildman–Crippen MR) is 57.2 cm³/mol. The van der Waals surface area contributed by atoms with E-state index in [2.05, 4.69) is 5.43 Å². The van der Waals surface area contributed by atoms with Gasteiger partial charge >= 0.3 is 0 Å². The summed E-state index contributed by atoms with van der Waals surface area (Å²) in [7, 11) is 0. The first-order chi connectivity index (χ1) is 6.31. The topological polar surface area (TPSA) is 81.1 Å². The summed E-state index contributed by atoms with van der Waals surface area (Å²) in [5.41, 5.74) is 7.46. The van der Waals surface area contributed by atoms with Gasteiger partial charge in [-0.3, -0.25) is 10.2 Å². The van der Waals surface area contributed by atoms with Gasteiger partial charge in [0.15, 0.2) is 0 Å². The number of nitrogens with one attached hydrogen (secondary N) is 1. The van der Waals surface area contributed by atoms with Crippen molar-refractivity contribution in [2.75, 3.05) is 18.1 Å². The van der Waals surface area contributed by atoms with Crippen molar-refractivity contribution in [2.24, 2.45) is 11.6 Å². The molecule has 5 N–H and O–H groups in total. The quantitative estimate of drug-likeness (QED) is 0.229. The third kappa shape index (κ3) is 9.66. The van der Waals surface area contributed by atoms with Crippen molar-refractivity contribution in [2.45, 2.75) is 25.7 Å². The summed E-state index contributed by atoms with van der Waals surface area (Å²) in [4.78, 5) is 10.7. The molecule has 0 aliphatic rings. The van der Waals surface area contributed by atoms with Crippen LogP contribution in [-0.2, 0) is 4.79 Å². The van der Waals surface area contributed by atoms with Gasteiger partial charge in [-0.05, 0) is 18.6 Å². The molecule has 0 aromatic rings. The molecule has 0 aromatic carbocycles. The van der Waals surface area contributed by atoms with E-state index in [0.29, 0.717) is 6.42 Å². The molecule has 0 atom stereocenters. The fourth-order valence-corrected chi connectivity index (χ4v) is 1.70. The van der Waals surface area contributed by atoms with E-state index >= 15 is 0 Å². The van der Waals surface area contributed by atoms with Gasteiger partial charge in [-0.1, -0.05) is 6.42 Å². The molecule has 13 heavy (non-hydrogen) atoms. The Hall–Kier alpha value is -0.260. The first kappa shape index (κ1) is 12.7. The van der Waals surface area contributed by atoms with E-state index in [1.807, 2.05) is 11.8 Å². The average molecular weight is 205 g/mol. The molecule has 0 aliphatic heterocycles. The van der Waals surface area contributed by atoms with Crippen molar-refractivity contribution < 1.29 is 4.79 Å². The van der Waals surface area contributed by atoms with Gasteiger partial charge in [0.2, 0.25) is 5.91 Å². The van der Waals surface area contributed by atoms with Crippen LogP contribution < -0.4 is 17.0 Å². The molecule has 78 valence electrons. The van der Waals surface area contributed by atoms with Gasteiger partial charge in [-0.15, -0.1) is 0 Å². The molecule has 5 heteroatoms. The van der Waals surface area contributed by atoms with Gasteiger partial charge in [0.05, 0.1) is 0 Å². The van der Waals surface area contributed by atoms with Crippen molar-refractivity contribution in [1.82, 2.24) is 5.43 Å². The van der Waals surface area contributed by atoms with Crippen molar-refractivity contribution >= 4 is 17.7 Å². The molecular weight excluding hydrogens is 186 g/mol. The second-order valence-electron chi connectivity index (χ2n) is 2.78. The second-order valence-corrected chi connectivity index (χ2v) is 4.00. The lowest BCUT2D eigenvalue weighted by Crippen LogP contribution is -2.29. The van der Waals surface area contributed by atoms with E-state index in [1.54, 1.807) is 0 Å². The number of thioether (sulfide) groups is 1. The first-order valence-electron chi connectivity index (χ1n) is 4.58. The zero-order valence-corrected chi connectivity index (χ0v) is 8.74. The van der Waals surface area contributed by atoms with E-state index in [9.17, 15) is 4.79 Å². The van der Waals surface area contributed by atoms with Gasteiger partial charge in [-0.2, -0.15) is 11.8 Å². The molecule has 0 spiro atoms. The van der Waals surface area contributed by atoms with Crippen molar-refractivity contribution in [3.63, 3.8) is 0 Å². The van der Waals surface area contributed by atoms with Crippen LogP contribution in [0.25, 0.3) is 0 Å². The Balaban J connectivity index is 2.95. The molecule has 0 saturated carbocycles. The Morgan fingerprint density at radius 2 is 2.00 bits per heavy atom. The van der Waals surface area contributed by atoms with Crippen LogP contribution >= 0.6 is 11.8 Å². The summed E-state index contributed by atoms with van der Waals surface area (Å²) in [6, 6.07) is 0. The maximum atomic E-state index is 10.7. The van der Waals surface area contributed by atoms with E-state index in [1.165, 1.54) is 0 Å². The highest BCUT2D eigenvalue weighted by Gasteiger charge is 1.97. The van der Waals surface area contributed by atoms with E-state index in [-0.39, 0.29) is 5.91 Å². The maximum absolute atomic E-state index is 10.7. The lowest BCUT2D eigenvalue weighted by atomic mass is 10.2. The minimum atomic E-state index is -0.0744. The lowest BCUT2D eigenvalue weighted by molar-refractivity contribution is -0.121. The van der Waals surface area contributed by atoms with Crippen LogP contribution in [0.1, 0.15) is 25.7 Å². The van der Waals surface area contributed by atoms with Crippen molar-refractivity contribution in [1.29, 1.82) is 0 Å². The number of hydrogen-bond donors (Lipinski definition) is 3. The Labute approximate surface area is 83.8 Å². The normalized spacial score (nSPS) is 10.0. The molecule has 4 nitrogen and oxygen atoms in total. The number of hydrazine groups is 1. The minimum absolute atomic E-state index is 0.0744. The number of nitrogens with two attached hydrogens (primary N) is 2. The minimum Gasteiger partial charge on any atom is -0.330 e. The number of rotatable bonds is 8. The van der Waals surface area contributed by atoms with E-state index in [0.717, 1.165) is 37.3 Å². The number of unbranched alkanes of at least 4 members (excludes halogenated alkanes) is 2. The highest BCUT2D eigenvalue weighted by molar-refractivity contribution is 7.99. The second kappa shape index (κ2) is 9.83. The van der Waals surface area contributed by atoms with Gasteiger partial charge in [0.25, 0.3) is 0 Å². The Morgan fingerprint density at radius 1 is 1.23 bits per heavy atom. The van der Waals surface area contributed by atoms with Crippen LogP contribution in [0.4, 0.5) is 0 Å². The number of carbonyl (C=O) groups excluding carboxylic acids is 1. The fourth-order valence-electron chi connectivity index (χ4n) is 0.924. The van der Waals surface area contributed by atoms with Crippen molar-refractivity contribution in [3.8, 4) is 0 Å². The summed E-state index contributed by atoms with van der Waals surface area (Å²) in [6.07, 6.45) is 3.71. The average Bonchev–Trinajstić information content (AvgIpc) is 2.16. The third-order valence-corrected chi connectivity index (χ3v) is 2.72. The molecular formula is C8H19N3OS. The zero-order chi connectivity index (χ0) is 9.94. The van der Waals surface area contributed by atoms with Gasteiger partial charge in [0, 0.05) is 18.7 Å². The zero-order valence-electron chi connectivity index (χ0n) is 7.92. The molecule has 0 bridgehead atoms. The molecule has 0 aliphatic carbocycles. The summed E-state index contributed by atoms with van der Waals surface area (Å²) >= 11 is 1.87. The van der Waals surface area contributed by atoms with Crippen LogP contribution in [0.15, 0.2) is 0 Å². The molecule has 0 rings (SSSR count).